The SMILES string of the molecule is Cc1cc2c(c(F)c1F)N(CCN)CC2. The molecule has 1 aliphatic rings. The average molecular weight is 212 g/mol. The first-order valence-electron chi connectivity index (χ1n) is 5.07. The van der Waals surface area contributed by atoms with Gasteiger partial charge in [0.25, 0.3) is 0 Å². The lowest BCUT2D eigenvalue weighted by molar-refractivity contribution is 0.502. The molecule has 0 amide bonds. The first-order valence-corrected chi connectivity index (χ1v) is 5.07. The highest BCUT2D eigenvalue weighted by atomic mass is 19.2. The van der Waals surface area contributed by atoms with Crippen LogP contribution < -0.4 is 10.6 Å². The molecular formula is C11H14F2N2. The molecule has 1 heterocycles. The van der Waals surface area contributed by atoms with Crippen LogP contribution in [0.1, 0.15) is 11.1 Å². The van der Waals surface area contributed by atoms with Crippen molar-refractivity contribution in [3.8, 4) is 0 Å². The molecule has 0 fully saturated rings. The summed E-state index contributed by atoms with van der Waals surface area (Å²) in [4.78, 5) is 1.81. The van der Waals surface area contributed by atoms with Crippen LogP contribution in [0.3, 0.4) is 0 Å². The van der Waals surface area contributed by atoms with Gasteiger partial charge in [0.15, 0.2) is 11.6 Å². The van der Waals surface area contributed by atoms with Crippen molar-refractivity contribution in [2.24, 2.45) is 5.73 Å². The van der Waals surface area contributed by atoms with E-state index in [4.69, 9.17) is 5.73 Å². The Morgan fingerprint density at radius 1 is 1.40 bits per heavy atom. The fraction of sp³-hybridized carbons (Fsp3) is 0.455. The highest BCUT2D eigenvalue weighted by Gasteiger charge is 2.25. The molecular weight excluding hydrogens is 198 g/mol. The zero-order valence-corrected chi connectivity index (χ0v) is 8.69. The Labute approximate surface area is 87.7 Å². The molecule has 0 saturated heterocycles. The van der Waals surface area contributed by atoms with E-state index in [0.717, 1.165) is 18.5 Å². The van der Waals surface area contributed by atoms with Gasteiger partial charge in [-0.05, 0) is 24.5 Å². The lowest BCUT2D eigenvalue weighted by atomic mass is 10.1. The molecule has 0 aliphatic carbocycles. The van der Waals surface area contributed by atoms with E-state index >= 15 is 0 Å². The molecule has 0 saturated carbocycles. The van der Waals surface area contributed by atoms with E-state index in [-0.39, 0.29) is 0 Å². The summed E-state index contributed by atoms with van der Waals surface area (Å²) < 4.78 is 27.0. The van der Waals surface area contributed by atoms with Gasteiger partial charge < -0.3 is 10.6 Å². The second-order valence-corrected chi connectivity index (χ2v) is 3.85. The van der Waals surface area contributed by atoms with Gasteiger partial charge in [0, 0.05) is 19.6 Å². The molecule has 1 aromatic rings. The van der Waals surface area contributed by atoms with Gasteiger partial charge in [-0.15, -0.1) is 0 Å². The predicted molar refractivity (Wildman–Crippen MR) is 56.1 cm³/mol. The standard InChI is InChI=1S/C11H14F2N2/c1-7-6-8-2-4-15(5-3-14)11(8)10(13)9(7)12/h6H,2-5,14H2,1H3. The van der Waals surface area contributed by atoms with Crippen LogP contribution in [0.2, 0.25) is 0 Å². The quantitative estimate of drug-likeness (QED) is 0.806. The third kappa shape index (κ3) is 1.59. The minimum atomic E-state index is -0.738. The number of rotatable bonds is 2. The summed E-state index contributed by atoms with van der Waals surface area (Å²) in [6, 6.07) is 1.73. The fourth-order valence-electron chi connectivity index (χ4n) is 2.09. The van der Waals surface area contributed by atoms with Crippen LogP contribution in [0, 0.1) is 18.6 Å². The summed E-state index contributed by atoms with van der Waals surface area (Å²) in [6.45, 7) is 3.34. The Kier molecular flexibility index (Phi) is 2.61. The van der Waals surface area contributed by atoms with Crippen LogP contribution in [-0.4, -0.2) is 19.6 Å². The number of anilines is 1. The van der Waals surface area contributed by atoms with Gasteiger partial charge in [-0.3, -0.25) is 0 Å². The van der Waals surface area contributed by atoms with Crippen LogP contribution in [0.25, 0.3) is 0 Å². The highest BCUT2D eigenvalue weighted by Crippen LogP contribution is 2.33. The molecule has 2 rings (SSSR count). The molecule has 2 nitrogen and oxygen atoms in total. The van der Waals surface area contributed by atoms with E-state index in [2.05, 4.69) is 0 Å². The van der Waals surface area contributed by atoms with Crippen molar-refractivity contribution in [2.75, 3.05) is 24.5 Å². The van der Waals surface area contributed by atoms with E-state index in [9.17, 15) is 8.78 Å². The molecule has 0 bridgehead atoms. The van der Waals surface area contributed by atoms with Crippen molar-refractivity contribution < 1.29 is 8.78 Å². The first kappa shape index (κ1) is 10.4. The van der Waals surface area contributed by atoms with E-state index < -0.39 is 11.6 Å². The fourth-order valence-corrected chi connectivity index (χ4v) is 2.09. The second-order valence-electron chi connectivity index (χ2n) is 3.85. The number of aryl methyl sites for hydroxylation is 1. The van der Waals surface area contributed by atoms with Crippen molar-refractivity contribution in [1.82, 2.24) is 0 Å². The Bertz CT molecular complexity index is 391. The van der Waals surface area contributed by atoms with Gasteiger partial charge in [-0.1, -0.05) is 6.07 Å². The minimum Gasteiger partial charge on any atom is -0.367 e. The van der Waals surface area contributed by atoms with Gasteiger partial charge in [0.2, 0.25) is 0 Å². The van der Waals surface area contributed by atoms with E-state index in [1.807, 2.05) is 4.90 Å². The van der Waals surface area contributed by atoms with Crippen molar-refractivity contribution in [3.63, 3.8) is 0 Å². The molecule has 15 heavy (non-hydrogen) atoms. The van der Waals surface area contributed by atoms with E-state index in [1.165, 1.54) is 0 Å². The highest BCUT2D eigenvalue weighted by molar-refractivity contribution is 5.60. The minimum absolute atomic E-state index is 0.376. The maximum absolute atomic E-state index is 13.7. The van der Waals surface area contributed by atoms with Crippen LogP contribution >= 0.6 is 0 Å². The number of hydrogen-bond donors (Lipinski definition) is 1. The van der Waals surface area contributed by atoms with E-state index in [1.54, 1.807) is 13.0 Å². The summed E-state index contributed by atoms with van der Waals surface area (Å²) >= 11 is 0. The summed E-state index contributed by atoms with van der Waals surface area (Å²) in [7, 11) is 0. The molecule has 0 aromatic heterocycles. The molecule has 4 heteroatoms. The van der Waals surface area contributed by atoms with E-state index in [0.29, 0.717) is 24.3 Å². The van der Waals surface area contributed by atoms with Gasteiger partial charge in [-0.2, -0.15) is 0 Å². The van der Waals surface area contributed by atoms with Gasteiger partial charge in [0.1, 0.15) is 0 Å². The normalized spacial score (nSPS) is 14.5. The van der Waals surface area contributed by atoms with Crippen LogP contribution in [0.5, 0.6) is 0 Å². The zero-order valence-electron chi connectivity index (χ0n) is 8.69. The molecule has 0 atom stereocenters. The third-order valence-electron chi connectivity index (χ3n) is 2.81. The summed E-state index contributed by atoms with van der Waals surface area (Å²) in [6.07, 6.45) is 0.771. The number of nitrogens with two attached hydrogens (primary N) is 1. The smallest absolute Gasteiger partial charge is 0.182 e. The summed E-state index contributed by atoms with van der Waals surface area (Å²) in [5, 5.41) is 0. The Morgan fingerprint density at radius 3 is 2.80 bits per heavy atom. The van der Waals surface area contributed by atoms with Crippen molar-refractivity contribution in [3.05, 3.63) is 28.8 Å². The van der Waals surface area contributed by atoms with Crippen molar-refractivity contribution in [1.29, 1.82) is 0 Å². The van der Waals surface area contributed by atoms with Crippen LogP contribution in [0.15, 0.2) is 6.07 Å². The van der Waals surface area contributed by atoms with Gasteiger partial charge >= 0.3 is 0 Å². The number of halogens is 2. The number of hydrogen-bond acceptors (Lipinski definition) is 2. The Morgan fingerprint density at radius 2 is 2.13 bits per heavy atom. The lowest BCUT2D eigenvalue weighted by Gasteiger charge is -2.19. The predicted octanol–water partition coefficient (Wildman–Crippen LogP) is 1.59. The van der Waals surface area contributed by atoms with Crippen LogP contribution in [0.4, 0.5) is 14.5 Å². The summed E-state index contributed by atoms with van der Waals surface area (Å²) in [5.41, 5.74) is 7.10. The molecule has 2 N–H and O–H groups in total. The maximum atomic E-state index is 13.7. The third-order valence-corrected chi connectivity index (χ3v) is 2.81. The molecule has 82 valence electrons. The largest absolute Gasteiger partial charge is 0.367 e. The first-order chi connectivity index (χ1) is 7.15. The van der Waals surface area contributed by atoms with Crippen molar-refractivity contribution >= 4 is 5.69 Å². The summed E-state index contributed by atoms with van der Waals surface area (Å²) in [5.74, 6) is -1.46. The van der Waals surface area contributed by atoms with Gasteiger partial charge in [0.05, 0.1) is 5.69 Å². The monoisotopic (exact) mass is 212 g/mol. The molecule has 0 radical (unpaired) electrons. The lowest BCUT2D eigenvalue weighted by Crippen LogP contribution is -2.28. The Balaban J connectivity index is 2.48. The topological polar surface area (TPSA) is 29.3 Å². The zero-order chi connectivity index (χ0) is 11.0. The second kappa shape index (κ2) is 3.77. The number of fused-ring (bicyclic) bond motifs is 1. The maximum Gasteiger partial charge on any atom is 0.182 e. The van der Waals surface area contributed by atoms with Gasteiger partial charge in [-0.25, -0.2) is 8.78 Å². The van der Waals surface area contributed by atoms with Crippen molar-refractivity contribution in [2.45, 2.75) is 13.3 Å². The number of benzene rings is 1. The molecule has 0 unspecified atom stereocenters. The molecule has 0 spiro atoms. The molecule has 1 aromatic carbocycles. The Hall–Kier alpha value is -1.16. The average Bonchev–Trinajstić information content (AvgIpc) is 2.59. The van der Waals surface area contributed by atoms with Crippen LogP contribution in [-0.2, 0) is 6.42 Å². The molecule has 1 aliphatic heterocycles. The number of nitrogens with zero attached hydrogens (tertiary/aromatic N) is 1.